The van der Waals surface area contributed by atoms with Crippen molar-refractivity contribution >= 4 is 17.6 Å². The van der Waals surface area contributed by atoms with Crippen LogP contribution in [-0.2, 0) is 9.59 Å². The molecule has 1 aromatic carbocycles. The average Bonchev–Trinajstić information content (AvgIpc) is 3.18. The van der Waals surface area contributed by atoms with Crippen molar-refractivity contribution in [3.63, 3.8) is 0 Å². The van der Waals surface area contributed by atoms with E-state index in [4.69, 9.17) is 5.11 Å². The number of halogens is 1. The predicted octanol–water partition coefficient (Wildman–Crippen LogP) is 2.63. The molecule has 3 atom stereocenters. The molecule has 1 aliphatic heterocycles. The highest BCUT2D eigenvalue weighted by Crippen LogP contribution is 2.51. The van der Waals surface area contributed by atoms with Crippen LogP contribution in [0.4, 0.5) is 10.1 Å². The predicted molar refractivity (Wildman–Crippen MR) is 101 cm³/mol. The second-order valence-corrected chi connectivity index (χ2v) is 7.87. The first-order valence-electron chi connectivity index (χ1n) is 9.65. The molecule has 1 amide bonds. The van der Waals surface area contributed by atoms with Crippen molar-refractivity contribution in [2.45, 2.75) is 63.2 Å². The van der Waals surface area contributed by atoms with E-state index in [1.54, 1.807) is 23.1 Å². The van der Waals surface area contributed by atoms with Gasteiger partial charge in [-0.2, -0.15) is 0 Å². The van der Waals surface area contributed by atoms with E-state index in [1.165, 1.54) is 18.2 Å². The van der Waals surface area contributed by atoms with Crippen LogP contribution in [0.1, 0.15) is 44.9 Å². The number of hydrogen-bond acceptors (Lipinski definition) is 4. The summed E-state index contributed by atoms with van der Waals surface area (Å²) in [6.45, 7) is 0. The van der Waals surface area contributed by atoms with E-state index in [0.717, 1.165) is 25.7 Å². The van der Waals surface area contributed by atoms with E-state index in [0.29, 0.717) is 12.1 Å². The monoisotopic (exact) mass is 391 g/mol. The van der Waals surface area contributed by atoms with Crippen molar-refractivity contribution in [1.82, 2.24) is 0 Å². The third kappa shape index (κ3) is 4.42. The molecule has 1 heterocycles. The van der Waals surface area contributed by atoms with Gasteiger partial charge < -0.3 is 20.2 Å². The fraction of sp³-hybridized carbons (Fsp3) is 0.524. The van der Waals surface area contributed by atoms with Gasteiger partial charge in [0.1, 0.15) is 5.82 Å². The van der Waals surface area contributed by atoms with E-state index in [1.807, 2.05) is 0 Å². The van der Waals surface area contributed by atoms with Crippen molar-refractivity contribution < 1.29 is 29.3 Å². The molecule has 2 fully saturated rings. The van der Waals surface area contributed by atoms with Crippen LogP contribution >= 0.6 is 0 Å². The lowest BCUT2D eigenvalue weighted by Gasteiger charge is -2.33. The van der Waals surface area contributed by atoms with Crippen LogP contribution in [0.2, 0.25) is 0 Å². The number of aliphatic hydroxyl groups is 2. The van der Waals surface area contributed by atoms with Crippen LogP contribution in [0.3, 0.4) is 0 Å². The topological polar surface area (TPSA) is 98.1 Å². The molecule has 1 aliphatic carbocycles. The standard InChI is InChI=1S/C21H26FNO5/c22-14-3-5-15(6-4-14)23-18(21(13-19(23)26)9-1-2-10-21)8-7-16(24)11-17(25)12-20(27)28/h3-8,16-18,24-25H,1-2,9-13H2,(H,27,28)/t16-,17-,18?/m0/s1. The van der Waals surface area contributed by atoms with E-state index < -0.39 is 24.6 Å². The Kier molecular flexibility index (Phi) is 6.15. The SMILES string of the molecule is O=C(O)C[C@@H](O)C[C@@H](O)C=CC1N(c2ccc(F)cc2)C(=O)CC12CCCC2. The number of carbonyl (C=O) groups is 2. The average molecular weight is 391 g/mol. The number of carbonyl (C=O) groups excluding carboxylic acids is 1. The van der Waals surface area contributed by atoms with Crippen LogP contribution in [0.25, 0.3) is 0 Å². The molecule has 28 heavy (non-hydrogen) atoms. The molecule has 1 unspecified atom stereocenters. The zero-order valence-corrected chi connectivity index (χ0v) is 15.6. The molecule has 1 spiro atoms. The lowest BCUT2D eigenvalue weighted by atomic mass is 9.78. The Morgan fingerprint density at radius 2 is 1.89 bits per heavy atom. The number of rotatable bonds is 7. The van der Waals surface area contributed by atoms with Gasteiger partial charge in [-0.15, -0.1) is 0 Å². The fourth-order valence-corrected chi connectivity index (χ4v) is 4.54. The third-order valence-electron chi connectivity index (χ3n) is 5.82. The largest absolute Gasteiger partial charge is 0.481 e. The van der Waals surface area contributed by atoms with Gasteiger partial charge in [0.15, 0.2) is 0 Å². The molecule has 1 saturated heterocycles. The summed E-state index contributed by atoms with van der Waals surface area (Å²) in [6, 6.07) is 5.53. The van der Waals surface area contributed by atoms with E-state index in [9.17, 15) is 24.2 Å². The summed E-state index contributed by atoms with van der Waals surface area (Å²) in [5, 5.41) is 28.6. The van der Waals surface area contributed by atoms with Crippen molar-refractivity contribution in [2.75, 3.05) is 4.90 Å². The zero-order valence-electron chi connectivity index (χ0n) is 15.6. The maximum absolute atomic E-state index is 13.3. The van der Waals surface area contributed by atoms with Crippen LogP contribution in [0.15, 0.2) is 36.4 Å². The van der Waals surface area contributed by atoms with Gasteiger partial charge in [0.05, 0.1) is 24.7 Å². The van der Waals surface area contributed by atoms with E-state index in [-0.39, 0.29) is 29.6 Å². The quantitative estimate of drug-likeness (QED) is 0.621. The molecule has 0 radical (unpaired) electrons. The number of carboxylic acid groups (broad SMARTS) is 1. The smallest absolute Gasteiger partial charge is 0.305 e. The van der Waals surface area contributed by atoms with Crippen LogP contribution in [-0.4, -0.2) is 45.4 Å². The highest BCUT2D eigenvalue weighted by atomic mass is 19.1. The van der Waals surface area contributed by atoms with Gasteiger partial charge in [0, 0.05) is 23.9 Å². The number of anilines is 1. The zero-order chi connectivity index (χ0) is 20.3. The van der Waals surface area contributed by atoms with Gasteiger partial charge in [-0.05, 0) is 37.1 Å². The minimum Gasteiger partial charge on any atom is -0.481 e. The highest BCUT2D eigenvalue weighted by Gasteiger charge is 2.52. The Labute approximate surface area is 163 Å². The van der Waals surface area contributed by atoms with Crippen molar-refractivity contribution in [3.05, 3.63) is 42.2 Å². The fourth-order valence-electron chi connectivity index (χ4n) is 4.54. The Morgan fingerprint density at radius 1 is 1.25 bits per heavy atom. The molecule has 6 nitrogen and oxygen atoms in total. The van der Waals surface area contributed by atoms with Gasteiger partial charge in [-0.25, -0.2) is 4.39 Å². The van der Waals surface area contributed by atoms with E-state index >= 15 is 0 Å². The first-order valence-corrected chi connectivity index (χ1v) is 9.65. The first kappa shape index (κ1) is 20.5. The summed E-state index contributed by atoms with van der Waals surface area (Å²) in [6.07, 6.45) is 4.94. The summed E-state index contributed by atoms with van der Waals surface area (Å²) < 4.78 is 13.3. The Balaban J connectivity index is 1.81. The van der Waals surface area contributed by atoms with Crippen molar-refractivity contribution in [1.29, 1.82) is 0 Å². The third-order valence-corrected chi connectivity index (χ3v) is 5.82. The Bertz CT molecular complexity index is 742. The Morgan fingerprint density at radius 3 is 2.50 bits per heavy atom. The van der Waals surface area contributed by atoms with Gasteiger partial charge in [0.2, 0.25) is 5.91 Å². The van der Waals surface area contributed by atoms with Crippen LogP contribution in [0.5, 0.6) is 0 Å². The summed E-state index contributed by atoms with van der Waals surface area (Å²) in [5.74, 6) is -1.53. The van der Waals surface area contributed by atoms with Crippen molar-refractivity contribution in [2.24, 2.45) is 5.41 Å². The Hall–Kier alpha value is -2.25. The number of hydrogen-bond donors (Lipinski definition) is 3. The molecule has 2 aliphatic rings. The molecule has 152 valence electrons. The molecule has 0 aromatic heterocycles. The van der Waals surface area contributed by atoms with Gasteiger partial charge in [0.25, 0.3) is 0 Å². The summed E-state index contributed by atoms with van der Waals surface area (Å²) in [4.78, 5) is 25.1. The first-order chi connectivity index (χ1) is 13.3. The van der Waals surface area contributed by atoms with Gasteiger partial charge >= 0.3 is 5.97 Å². The minimum absolute atomic E-state index is 0.0245. The second kappa shape index (κ2) is 8.41. The molecule has 7 heteroatoms. The molecular formula is C21H26FNO5. The summed E-state index contributed by atoms with van der Waals surface area (Å²) >= 11 is 0. The van der Waals surface area contributed by atoms with Crippen molar-refractivity contribution in [3.8, 4) is 0 Å². The van der Waals surface area contributed by atoms with Crippen LogP contribution < -0.4 is 4.90 Å². The summed E-state index contributed by atoms with van der Waals surface area (Å²) in [7, 11) is 0. The number of benzene rings is 1. The lowest BCUT2D eigenvalue weighted by Crippen LogP contribution is -2.38. The maximum Gasteiger partial charge on any atom is 0.305 e. The minimum atomic E-state index is -1.14. The maximum atomic E-state index is 13.3. The molecule has 1 aromatic rings. The molecule has 1 saturated carbocycles. The van der Waals surface area contributed by atoms with Gasteiger partial charge in [-0.3, -0.25) is 9.59 Å². The van der Waals surface area contributed by atoms with E-state index in [2.05, 4.69) is 0 Å². The normalized spacial score (nSPS) is 23.6. The number of nitrogens with zero attached hydrogens (tertiary/aromatic N) is 1. The molecule has 0 bridgehead atoms. The molecule has 3 rings (SSSR count). The highest BCUT2D eigenvalue weighted by molar-refractivity contribution is 5.97. The number of aliphatic carboxylic acids is 1. The summed E-state index contributed by atoms with van der Waals surface area (Å²) in [5.41, 5.74) is 0.409. The number of aliphatic hydroxyl groups excluding tert-OH is 2. The number of carboxylic acids is 1. The molecule has 3 N–H and O–H groups in total. The van der Waals surface area contributed by atoms with Gasteiger partial charge in [-0.1, -0.05) is 25.0 Å². The number of amides is 1. The second-order valence-electron chi connectivity index (χ2n) is 7.87. The molecular weight excluding hydrogens is 365 g/mol. The lowest BCUT2D eigenvalue weighted by molar-refractivity contribution is -0.139. The van der Waals surface area contributed by atoms with Crippen LogP contribution in [0, 0.1) is 11.2 Å².